The SMILES string of the molecule is CN(C)c1cccc2oc(=O)c(C(=O)c3ccccc3)cc12. The number of ketones is 1. The molecule has 110 valence electrons. The third-order valence-electron chi connectivity index (χ3n) is 3.52. The van der Waals surface area contributed by atoms with E-state index in [1.165, 1.54) is 0 Å². The van der Waals surface area contributed by atoms with Gasteiger partial charge in [-0.3, -0.25) is 4.79 Å². The quantitative estimate of drug-likeness (QED) is 0.550. The van der Waals surface area contributed by atoms with E-state index < -0.39 is 5.63 Å². The summed E-state index contributed by atoms with van der Waals surface area (Å²) in [6.07, 6.45) is 0. The van der Waals surface area contributed by atoms with Crippen LogP contribution in [0.2, 0.25) is 0 Å². The van der Waals surface area contributed by atoms with E-state index in [1.807, 2.05) is 37.2 Å². The fourth-order valence-corrected chi connectivity index (χ4v) is 2.42. The molecule has 0 saturated carbocycles. The highest BCUT2D eigenvalue weighted by Gasteiger charge is 2.17. The van der Waals surface area contributed by atoms with Crippen molar-refractivity contribution in [1.82, 2.24) is 0 Å². The van der Waals surface area contributed by atoms with Gasteiger partial charge in [0.15, 0.2) is 5.78 Å². The lowest BCUT2D eigenvalue weighted by Gasteiger charge is -2.15. The maximum absolute atomic E-state index is 12.5. The molecule has 0 fully saturated rings. The molecule has 0 N–H and O–H groups in total. The second kappa shape index (κ2) is 5.48. The van der Waals surface area contributed by atoms with Crippen molar-refractivity contribution in [2.45, 2.75) is 0 Å². The molecular formula is C18H15NO3. The maximum Gasteiger partial charge on any atom is 0.347 e. The van der Waals surface area contributed by atoms with Crippen molar-refractivity contribution in [3.05, 3.63) is 76.1 Å². The van der Waals surface area contributed by atoms with Crippen LogP contribution in [-0.2, 0) is 0 Å². The Morgan fingerprint density at radius 3 is 2.41 bits per heavy atom. The van der Waals surface area contributed by atoms with E-state index in [9.17, 15) is 9.59 Å². The van der Waals surface area contributed by atoms with Crippen molar-refractivity contribution in [3.63, 3.8) is 0 Å². The minimum absolute atomic E-state index is 0.0491. The van der Waals surface area contributed by atoms with Crippen LogP contribution in [-0.4, -0.2) is 19.9 Å². The molecule has 4 heteroatoms. The van der Waals surface area contributed by atoms with Crippen LogP contribution in [0, 0.1) is 0 Å². The Morgan fingerprint density at radius 1 is 1.00 bits per heavy atom. The minimum atomic E-state index is -0.614. The molecule has 2 aromatic carbocycles. The fraction of sp³-hybridized carbons (Fsp3) is 0.111. The lowest BCUT2D eigenvalue weighted by Crippen LogP contribution is -2.16. The predicted molar refractivity (Wildman–Crippen MR) is 86.7 cm³/mol. The number of carbonyl (C=O) groups excluding carboxylic acids is 1. The molecule has 4 nitrogen and oxygen atoms in total. The molecule has 3 rings (SSSR count). The summed E-state index contributed by atoms with van der Waals surface area (Å²) in [5.74, 6) is -0.329. The summed E-state index contributed by atoms with van der Waals surface area (Å²) >= 11 is 0. The molecule has 0 amide bonds. The lowest BCUT2D eigenvalue weighted by molar-refractivity contribution is 0.103. The van der Waals surface area contributed by atoms with Crippen molar-refractivity contribution < 1.29 is 9.21 Å². The second-order valence-corrected chi connectivity index (χ2v) is 5.23. The third-order valence-corrected chi connectivity index (χ3v) is 3.52. The number of anilines is 1. The zero-order valence-electron chi connectivity index (χ0n) is 12.4. The highest BCUT2D eigenvalue weighted by Crippen LogP contribution is 2.25. The summed E-state index contributed by atoms with van der Waals surface area (Å²) in [4.78, 5) is 26.6. The molecule has 0 unspecified atom stereocenters. The Labute approximate surface area is 127 Å². The number of fused-ring (bicyclic) bond motifs is 1. The van der Waals surface area contributed by atoms with Crippen LogP contribution in [0.3, 0.4) is 0 Å². The smallest absolute Gasteiger partial charge is 0.347 e. The number of nitrogens with zero attached hydrogens (tertiary/aromatic N) is 1. The number of carbonyl (C=O) groups is 1. The van der Waals surface area contributed by atoms with Crippen LogP contribution in [0.1, 0.15) is 15.9 Å². The molecule has 0 spiro atoms. The van der Waals surface area contributed by atoms with E-state index in [2.05, 4.69) is 0 Å². The molecule has 3 aromatic rings. The first-order valence-electron chi connectivity index (χ1n) is 6.92. The van der Waals surface area contributed by atoms with Crippen LogP contribution < -0.4 is 10.5 Å². The highest BCUT2D eigenvalue weighted by molar-refractivity contribution is 6.10. The standard InChI is InChI=1S/C18H15NO3/c1-19(2)15-9-6-10-16-13(15)11-14(18(21)22-16)17(20)12-7-4-3-5-8-12/h3-11H,1-2H3. The first-order valence-corrected chi connectivity index (χ1v) is 6.92. The molecule has 0 aliphatic heterocycles. The lowest BCUT2D eigenvalue weighted by atomic mass is 10.0. The maximum atomic E-state index is 12.5. The van der Waals surface area contributed by atoms with Crippen molar-refractivity contribution in [2.24, 2.45) is 0 Å². The number of hydrogen-bond acceptors (Lipinski definition) is 4. The van der Waals surface area contributed by atoms with Gasteiger partial charge in [0, 0.05) is 30.7 Å². The van der Waals surface area contributed by atoms with Crippen molar-refractivity contribution in [3.8, 4) is 0 Å². The predicted octanol–water partition coefficient (Wildman–Crippen LogP) is 3.09. The Bertz CT molecular complexity index is 895. The van der Waals surface area contributed by atoms with Crippen LogP contribution in [0.15, 0.2) is 63.8 Å². The van der Waals surface area contributed by atoms with Gasteiger partial charge in [-0.25, -0.2) is 4.79 Å². The van der Waals surface area contributed by atoms with Crippen molar-refractivity contribution in [1.29, 1.82) is 0 Å². The summed E-state index contributed by atoms with van der Waals surface area (Å²) in [7, 11) is 3.80. The molecule has 0 aliphatic rings. The van der Waals surface area contributed by atoms with E-state index in [0.29, 0.717) is 11.1 Å². The van der Waals surface area contributed by atoms with Gasteiger partial charge in [0.25, 0.3) is 0 Å². The fourth-order valence-electron chi connectivity index (χ4n) is 2.42. The Balaban J connectivity index is 2.23. The Kier molecular flexibility index (Phi) is 3.51. The summed E-state index contributed by atoms with van der Waals surface area (Å²) < 4.78 is 5.32. The largest absolute Gasteiger partial charge is 0.422 e. The van der Waals surface area contributed by atoms with E-state index in [-0.39, 0.29) is 11.3 Å². The van der Waals surface area contributed by atoms with Gasteiger partial charge < -0.3 is 9.32 Å². The molecule has 1 heterocycles. The summed E-state index contributed by atoms with van der Waals surface area (Å²) in [5.41, 5.74) is 1.27. The van der Waals surface area contributed by atoms with Gasteiger partial charge in [-0.1, -0.05) is 36.4 Å². The molecule has 0 saturated heterocycles. The Morgan fingerprint density at radius 2 is 1.73 bits per heavy atom. The van der Waals surface area contributed by atoms with Gasteiger partial charge in [-0.15, -0.1) is 0 Å². The average molecular weight is 293 g/mol. The van der Waals surface area contributed by atoms with Gasteiger partial charge in [0.05, 0.1) is 0 Å². The van der Waals surface area contributed by atoms with Crippen molar-refractivity contribution in [2.75, 3.05) is 19.0 Å². The van der Waals surface area contributed by atoms with Crippen LogP contribution in [0.25, 0.3) is 11.0 Å². The van der Waals surface area contributed by atoms with E-state index >= 15 is 0 Å². The molecule has 0 aliphatic carbocycles. The van der Waals surface area contributed by atoms with E-state index in [0.717, 1.165) is 11.1 Å². The van der Waals surface area contributed by atoms with Gasteiger partial charge in [-0.2, -0.15) is 0 Å². The van der Waals surface area contributed by atoms with E-state index in [1.54, 1.807) is 36.4 Å². The number of rotatable bonds is 3. The molecule has 1 aromatic heterocycles. The van der Waals surface area contributed by atoms with Gasteiger partial charge in [0.2, 0.25) is 0 Å². The third kappa shape index (κ3) is 2.39. The van der Waals surface area contributed by atoms with E-state index in [4.69, 9.17) is 4.42 Å². The summed E-state index contributed by atoms with van der Waals surface area (Å²) in [6, 6.07) is 15.8. The van der Waals surface area contributed by atoms with Gasteiger partial charge >= 0.3 is 5.63 Å². The van der Waals surface area contributed by atoms with Gasteiger partial charge in [0.1, 0.15) is 11.1 Å². The van der Waals surface area contributed by atoms with Crippen LogP contribution >= 0.6 is 0 Å². The molecule has 22 heavy (non-hydrogen) atoms. The van der Waals surface area contributed by atoms with Crippen LogP contribution in [0.4, 0.5) is 5.69 Å². The first kappa shape index (κ1) is 14.1. The minimum Gasteiger partial charge on any atom is -0.422 e. The van der Waals surface area contributed by atoms with Crippen LogP contribution in [0.5, 0.6) is 0 Å². The second-order valence-electron chi connectivity index (χ2n) is 5.23. The summed E-state index contributed by atoms with van der Waals surface area (Å²) in [5, 5.41) is 0.742. The van der Waals surface area contributed by atoms with Crippen molar-refractivity contribution >= 4 is 22.4 Å². The zero-order valence-corrected chi connectivity index (χ0v) is 12.4. The van der Waals surface area contributed by atoms with Gasteiger partial charge in [-0.05, 0) is 18.2 Å². The topological polar surface area (TPSA) is 50.5 Å². The molecule has 0 bridgehead atoms. The monoisotopic (exact) mass is 293 g/mol. The first-order chi connectivity index (χ1) is 10.6. The number of benzene rings is 2. The normalized spacial score (nSPS) is 10.6. The Hall–Kier alpha value is -2.88. The number of hydrogen-bond donors (Lipinski definition) is 0. The molecule has 0 atom stereocenters. The average Bonchev–Trinajstić information content (AvgIpc) is 2.53. The summed E-state index contributed by atoms with van der Waals surface area (Å²) in [6.45, 7) is 0. The molecule has 0 radical (unpaired) electrons. The molecular weight excluding hydrogens is 278 g/mol. The highest BCUT2D eigenvalue weighted by atomic mass is 16.4. The zero-order chi connectivity index (χ0) is 15.7.